The summed E-state index contributed by atoms with van der Waals surface area (Å²) < 4.78 is 4.81. The molecule has 0 spiro atoms. The van der Waals surface area contributed by atoms with Gasteiger partial charge in [-0.25, -0.2) is 4.79 Å². The summed E-state index contributed by atoms with van der Waals surface area (Å²) in [4.78, 5) is 47.0. The Kier molecular flexibility index (Phi) is 4.90. The zero-order valence-corrected chi connectivity index (χ0v) is 12.9. The molecule has 0 radical (unpaired) electrons. The number of rotatable bonds is 5. The number of carboxylic acids is 1. The molecule has 10 heteroatoms. The molecule has 1 saturated heterocycles. The monoisotopic (exact) mass is 339 g/mol. The van der Waals surface area contributed by atoms with Crippen LogP contribution in [0.25, 0.3) is 0 Å². The fourth-order valence-corrected chi connectivity index (χ4v) is 3.61. The van der Waals surface area contributed by atoms with Gasteiger partial charge in [0, 0.05) is 18.2 Å². The van der Waals surface area contributed by atoms with E-state index in [1.54, 1.807) is 6.07 Å². The van der Waals surface area contributed by atoms with Crippen molar-refractivity contribution in [3.8, 4) is 6.07 Å². The summed E-state index contributed by atoms with van der Waals surface area (Å²) >= 11 is 1.26. The lowest BCUT2D eigenvalue weighted by atomic mass is 10.0. The number of carbonyl (C=O) groups is 4. The number of β-lactam (4-membered cyclic amide) rings is 1. The maximum Gasteiger partial charge on any atom is 0.352 e. The van der Waals surface area contributed by atoms with Crippen LogP contribution in [0.2, 0.25) is 0 Å². The van der Waals surface area contributed by atoms with Crippen molar-refractivity contribution >= 4 is 35.5 Å². The fourth-order valence-electron chi connectivity index (χ4n) is 2.28. The minimum Gasteiger partial charge on any atom is -0.477 e. The maximum absolute atomic E-state index is 12.1. The highest BCUT2D eigenvalue weighted by Gasteiger charge is 2.54. The number of carbonyl (C=O) groups excluding carboxylic acids is 3. The molecule has 2 N–H and O–H groups in total. The van der Waals surface area contributed by atoms with Gasteiger partial charge in [0.2, 0.25) is 5.91 Å². The molecule has 23 heavy (non-hydrogen) atoms. The van der Waals surface area contributed by atoms with E-state index in [1.807, 2.05) is 0 Å². The summed E-state index contributed by atoms with van der Waals surface area (Å²) in [6, 6.07) is 0.818. The second kappa shape index (κ2) is 6.70. The van der Waals surface area contributed by atoms with E-state index in [0.717, 1.165) is 4.90 Å². The normalized spacial score (nSPS) is 22.6. The van der Waals surface area contributed by atoms with E-state index in [1.165, 1.54) is 18.7 Å². The summed E-state index contributed by atoms with van der Waals surface area (Å²) in [5, 5.41) is 19.7. The summed E-state index contributed by atoms with van der Waals surface area (Å²) in [7, 11) is 0. The minimum absolute atomic E-state index is 0.202. The molecule has 0 aromatic rings. The van der Waals surface area contributed by atoms with E-state index >= 15 is 0 Å². The van der Waals surface area contributed by atoms with Crippen molar-refractivity contribution in [2.75, 3.05) is 12.4 Å². The van der Waals surface area contributed by atoms with Crippen molar-refractivity contribution in [2.24, 2.45) is 0 Å². The number of esters is 1. The predicted octanol–water partition coefficient (Wildman–Crippen LogP) is -0.798. The largest absolute Gasteiger partial charge is 0.477 e. The Labute approximate surface area is 135 Å². The van der Waals surface area contributed by atoms with Crippen LogP contribution in [0.1, 0.15) is 13.3 Å². The van der Waals surface area contributed by atoms with Crippen molar-refractivity contribution in [3.05, 3.63) is 11.3 Å². The molecule has 2 aliphatic rings. The average Bonchev–Trinajstić information content (AvgIpc) is 2.49. The molecule has 2 atom stereocenters. The van der Waals surface area contributed by atoms with Crippen LogP contribution in [0.5, 0.6) is 0 Å². The van der Waals surface area contributed by atoms with Crippen LogP contribution in [-0.2, 0) is 23.9 Å². The van der Waals surface area contributed by atoms with Gasteiger partial charge in [-0.3, -0.25) is 19.3 Å². The van der Waals surface area contributed by atoms with Crippen molar-refractivity contribution in [3.63, 3.8) is 0 Å². The first-order valence-corrected chi connectivity index (χ1v) is 7.61. The number of amides is 2. The van der Waals surface area contributed by atoms with Gasteiger partial charge in [-0.05, 0) is 0 Å². The van der Waals surface area contributed by atoms with Gasteiger partial charge in [-0.2, -0.15) is 5.26 Å². The van der Waals surface area contributed by atoms with Gasteiger partial charge in [-0.15, -0.1) is 11.8 Å². The van der Waals surface area contributed by atoms with E-state index in [9.17, 15) is 24.3 Å². The molecule has 0 bridgehead atoms. The first-order chi connectivity index (χ1) is 10.9. The second-order valence-corrected chi connectivity index (χ2v) is 5.93. The van der Waals surface area contributed by atoms with E-state index in [4.69, 9.17) is 10.00 Å². The van der Waals surface area contributed by atoms with Gasteiger partial charge in [0.05, 0.1) is 6.07 Å². The topological polar surface area (TPSA) is 137 Å². The SMILES string of the molecule is CC(=O)OCC1=C(C(=O)O)N2C(=O)[C@@H](NC(=O)CC#N)C2SC1. The molecule has 1 fully saturated rings. The van der Waals surface area contributed by atoms with Crippen LogP contribution in [-0.4, -0.2) is 57.5 Å². The number of nitriles is 1. The zero-order chi connectivity index (χ0) is 17.1. The smallest absolute Gasteiger partial charge is 0.352 e. The average molecular weight is 339 g/mol. The number of nitrogens with zero attached hydrogens (tertiary/aromatic N) is 2. The van der Waals surface area contributed by atoms with Crippen LogP contribution < -0.4 is 5.32 Å². The Morgan fingerprint density at radius 3 is 2.78 bits per heavy atom. The van der Waals surface area contributed by atoms with Crippen LogP contribution in [0.4, 0.5) is 0 Å². The van der Waals surface area contributed by atoms with Gasteiger partial charge in [0.15, 0.2) is 0 Å². The third kappa shape index (κ3) is 3.29. The van der Waals surface area contributed by atoms with Crippen LogP contribution >= 0.6 is 11.8 Å². The highest BCUT2D eigenvalue weighted by molar-refractivity contribution is 8.00. The molecule has 0 aromatic heterocycles. The quantitative estimate of drug-likeness (QED) is 0.491. The molecule has 0 aromatic carbocycles. The number of aliphatic carboxylic acids is 1. The zero-order valence-electron chi connectivity index (χ0n) is 12.1. The molecular weight excluding hydrogens is 326 g/mol. The fraction of sp³-hybridized carbons (Fsp3) is 0.462. The van der Waals surface area contributed by atoms with Gasteiger partial charge in [0.25, 0.3) is 5.91 Å². The van der Waals surface area contributed by atoms with Crippen molar-refractivity contribution in [2.45, 2.75) is 24.8 Å². The standard InChI is InChI=1S/C13H13N3O6S/c1-6(17)22-4-7-5-23-12-9(15-8(18)2-3-14)11(19)16(12)10(7)13(20)21/h9,12H,2,4-5H2,1H3,(H,15,18)(H,20,21)/t9-,12?/m1/s1. The number of carboxylic acid groups (broad SMARTS) is 1. The molecule has 2 aliphatic heterocycles. The van der Waals surface area contributed by atoms with E-state index in [0.29, 0.717) is 5.57 Å². The van der Waals surface area contributed by atoms with E-state index in [2.05, 4.69) is 5.32 Å². The maximum atomic E-state index is 12.1. The molecule has 122 valence electrons. The van der Waals surface area contributed by atoms with Crippen molar-refractivity contribution in [1.82, 2.24) is 10.2 Å². The molecular formula is C13H13N3O6S. The van der Waals surface area contributed by atoms with Crippen LogP contribution in [0, 0.1) is 11.3 Å². The molecule has 0 saturated carbocycles. The number of nitrogens with one attached hydrogen (secondary N) is 1. The van der Waals surface area contributed by atoms with Gasteiger partial charge in [-0.1, -0.05) is 0 Å². The Morgan fingerprint density at radius 1 is 1.52 bits per heavy atom. The Bertz CT molecular complexity index is 653. The minimum atomic E-state index is -1.30. The lowest BCUT2D eigenvalue weighted by molar-refractivity contribution is -0.150. The highest BCUT2D eigenvalue weighted by atomic mass is 32.2. The van der Waals surface area contributed by atoms with Gasteiger partial charge in [0.1, 0.15) is 30.1 Å². The molecule has 2 heterocycles. The van der Waals surface area contributed by atoms with E-state index < -0.39 is 35.2 Å². The second-order valence-electron chi connectivity index (χ2n) is 4.83. The van der Waals surface area contributed by atoms with E-state index in [-0.39, 0.29) is 24.5 Å². The molecule has 2 amide bonds. The van der Waals surface area contributed by atoms with Crippen molar-refractivity contribution in [1.29, 1.82) is 5.26 Å². The lowest BCUT2D eigenvalue weighted by Gasteiger charge is -2.49. The molecule has 9 nitrogen and oxygen atoms in total. The number of hydrogen-bond acceptors (Lipinski definition) is 7. The van der Waals surface area contributed by atoms with Crippen molar-refractivity contribution < 1.29 is 29.0 Å². The predicted molar refractivity (Wildman–Crippen MR) is 76.5 cm³/mol. The molecule has 0 aliphatic carbocycles. The Balaban J connectivity index is 2.16. The number of ether oxygens (including phenoxy) is 1. The Morgan fingerprint density at radius 2 is 2.22 bits per heavy atom. The first-order valence-electron chi connectivity index (χ1n) is 6.56. The summed E-state index contributed by atoms with van der Waals surface area (Å²) in [6.45, 7) is 1.00. The number of thioether (sulfide) groups is 1. The number of fused-ring (bicyclic) bond motifs is 1. The van der Waals surface area contributed by atoms with Gasteiger partial charge < -0.3 is 15.2 Å². The first kappa shape index (κ1) is 16.8. The molecule has 2 rings (SSSR count). The molecule has 1 unspecified atom stereocenters. The summed E-state index contributed by atoms with van der Waals surface area (Å²) in [5.74, 6) is -2.74. The Hall–Kier alpha value is -2.54. The highest BCUT2D eigenvalue weighted by Crippen LogP contribution is 2.40. The third-order valence-electron chi connectivity index (χ3n) is 3.26. The summed E-state index contributed by atoms with van der Waals surface area (Å²) in [5.41, 5.74) is 0.106. The third-order valence-corrected chi connectivity index (χ3v) is 4.60. The summed E-state index contributed by atoms with van der Waals surface area (Å²) in [6.07, 6.45) is -0.375. The van der Waals surface area contributed by atoms with Gasteiger partial charge >= 0.3 is 11.9 Å². The van der Waals surface area contributed by atoms with Crippen LogP contribution in [0.15, 0.2) is 11.3 Å². The number of hydrogen-bond donors (Lipinski definition) is 2. The lowest BCUT2D eigenvalue weighted by Crippen LogP contribution is -2.70. The van der Waals surface area contributed by atoms with Crippen LogP contribution in [0.3, 0.4) is 0 Å².